The van der Waals surface area contributed by atoms with Gasteiger partial charge < -0.3 is 14.2 Å². The van der Waals surface area contributed by atoms with Crippen LogP contribution in [0.15, 0.2) is 48.6 Å². The minimum absolute atomic E-state index is 0.0777. The van der Waals surface area contributed by atoms with E-state index in [0.29, 0.717) is 19.3 Å². The fourth-order valence-electron chi connectivity index (χ4n) is 10.7. The molecule has 0 saturated heterocycles. The third-order valence-corrected chi connectivity index (χ3v) is 16.1. The number of carbonyl (C=O) groups excluding carboxylic acids is 3. The molecule has 0 N–H and O–H groups in total. The van der Waals surface area contributed by atoms with Crippen LogP contribution in [0, 0.1) is 0 Å². The maximum absolute atomic E-state index is 12.9. The van der Waals surface area contributed by atoms with Crippen molar-refractivity contribution in [3.05, 3.63) is 48.6 Å². The molecule has 0 bridgehead atoms. The standard InChI is InChI=1S/C74H136O6/c1-4-7-10-13-16-19-22-24-26-28-30-32-33-34-35-36-37-38-39-40-42-43-45-47-49-52-55-58-61-64-67-73(76)79-70-71(69-78-72(75)66-63-60-57-54-51-21-18-15-12-9-6-3)80-74(77)68-65-62-59-56-53-50-48-46-44-41-31-29-27-25-23-20-17-14-11-8-5-2/h15,18,23,25,29,31,44,46,71H,4-14,16-17,19-22,24,26-28,30,32-43,45,47-70H2,1-3H3/b18-15-,25-23-,31-29-,46-44-. The quantitative estimate of drug-likeness (QED) is 0.0261. The van der Waals surface area contributed by atoms with Gasteiger partial charge in [0.25, 0.3) is 0 Å². The molecule has 0 rings (SSSR count). The molecule has 468 valence electrons. The summed E-state index contributed by atoms with van der Waals surface area (Å²) in [5.74, 6) is -0.878. The van der Waals surface area contributed by atoms with Crippen LogP contribution in [0.3, 0.4) is 0 Å². The maximum atomic E-state index is 12.9. The Morgan fingerprint density at radius 3 is 0.750 bits per heavy atom. The van der Waals surface area contributed by atoms with E-state index in [4.69, 9.17) is 14.2 Å². The van der Waals surface area contributed by atoms with Crippen molar-refractivity contribution >= 4 is 17.9 Å². The summed E-state index contributed by atoms with van der Waals surface area (Å²) in [6.07, 6.45) is 87.3. The van der Waals surface area contributed by atoms with E-state index in [1.165, 1.54) is 263 Å². The van der Waals surface area contributed by atoms with E-state index in [0.717, 1.165) is 83.5 Å². The highest BCUT2D eigenvalue weighted by Crippen LogP contribution is 2.18. The molecule has 6 heteroatoms. The van der Waals surface area contributed by atoms with E-state index in [-0.39, 0.29) is 31.1 Å². The first-order valence-electron chi connectivity index (χ1n) is 35.6. The molecule has 0 heterocycles. The molecule has 80 heavy (non-hydrogen) atoms. The number of ether oxygens (including phenoxy) is 3. The second kappa shape index (κ2) is 68.9. The monoisotopic (exact) mass is 1120 g/mol. The lowest BCUT2D eigenvalue weighted by Crippen LogP contribution is -2.30. The molecular weight excluding hydrogens is 985 g/mol. The zero-order chi connectivity index (χ0) is 57.8. The van der Waals surface area contributed by atoms with E-state index in [2.05, 4.69) is 69.4 Å². The SMILES string of the molecule is CCCC/C=C\CCCCCCCC(=O)OCC(COC(=O)CCCCCCCCCCCCCCCCCCCCCCCCCCCCCCCC)OC(=O)CCCCCCCC/C=C\C/C=C\C/C=C\CCCCCCC. The molecule has 0 aromatic carbocycles. The molecule has 0 amide bonds. The molecule has 0 aliphatic carbocycles. The highest BCUT2D eigenvalue weighted by Gasteiger charge is 2.19. The molecule has 0 fully saturated rings. The number of esters is 3. The Morgan fingerprint density at radius 1 is 0.250 bits per heavy atom. The predicted molar refractivity (Wildman–Crippen MR) is 349 cm³/mol. The van der Waals surface area contributed by atoms with Gasteiger partial charge in [-0.05, 0) is 77.0 Å². The Balaban J connectivity index is 4.15. The topological polar surface area (TPSA) is 78.9 Å². The van der Waals surface area contributed by atoms with Crippen molar-refractivity contribution in [1.29, 1.82) is 0 Å². The number of allylic oxidation sites excluding steroid dienone is 8. The van der Waals surface area contributed by atoms with Gasteiger partial charge in [-0.15, -0.1) is 0 Å². The maximum Gasteiger partial charge on any atom is 0.306 e. The van der Waals surface area contributed by atoms with Crippen LogP contribution in [0.4, 0.5) is 0 Å². The fraction of sp³-hybridized carbons (Fsp3) is 0.851. The van der Waals surface area contributed by atoms with Gasteiger partial charge in [0.15, 0.2) is 6.10 Å². The van der Waals surface area contributed by atoms with Crippen molar-refractivity contribution in [3.63, 3.8) is 0 Å². The third kappa shape index (κ3) is 66.2. The zero-order valence-electron chi connectivity index (χ0n) is 53.9. The summed E-state index contributed by atoms with van der Waals surface area (Å²) in [7, 11) is 0. The van der Waals surface area contributed by atoms with Crippen molar-refractivity contribution in [2.75, 3.05) is 13.2 Å². The molecule has 0 radical (unpaired) electrons. The Bertz CT molecular complexity index is 1380. The van der Waals surface area contributed by atoms with Crippen LogP contribution in [0.25, 0.3) is 0 Å². The number of unbranched alkanes of at least 4 members (excludes halogenated alkanes) is 47. The van der Waals surface area contributed by atoms with Gasteiger partial charge in [-0.25, -0.2) is 0 Å². The Morgan fingerprint density at radius 2 is 0.463 bits per heavy atom. The summed E-state index contributed by atoms with van der Waals surface area (Å²) < 4.78 is 16.9. The first-order chi connectivity index (χ1) is 39.5. The molecule has 0 saturated carbocycles. The van der Waals surface area contributed by atoms with Crippen LogP contribution >= 0.6 is 0 Å². The lowest BCUT2D eigenvalue weighted by molar-refractivity contribution is -0.167. The van der Waals surface area contributed by atoms with E-state index >= 15 is 0 Å². The summed E-state index contributed by atoms with van der Waals surface area (Å²) in [5, 5.41) is 0. The van der Waals surface area contributed by atoms with Crippen LogP contribution in [0.1, 0.15) is 387 Å². The molecular formula is C74H136O6. The number of carbonyl (C=O) groups is 3. The third-order valence-electron chi connectivity index (χ3n) is 16.1. The summed E-state index contributed by atoms with van der Waals surface area (Å²) >= 11 is 0. The molecule has 0 aromatic heterocycles. The molecule has 1 atom stereocenters. The Hall–Kier alpha value is -2.63. The van der Waals surface area contributed by atoms with Gasteiger partial charge >= 0.3 is 17.9 Å². The van der Waals surface area contributed by atoms with Crippen LogP contribution in [0.2, 0.25) is 0 Å². The Labute approximate surface area is 498 Å². The lowest BCUT2D eigenvalue weighted by atomic mass is 10.0. The summed E-state index contributed by atoms with van der Waals surface area (Å²) in [5.41, 5.74) is 0. The average molecular weight is 1120 g/mol. The number of hydrogen-bond acceptors (Lipinski definition) is 6. The number of rotatable bonds is 66. The van der Waals surface area contributed by atoms with Crippen molar-refractivity contribution in [2.45, 2.75) is 393 Å². The van der Waals surface area contributed by atoms with E-state index in [9.17, 15) is 14.4 Å². The zero-order valence-corrected chi connectivity index (χ0v) is 53.9. The summed E-state index contributed by atoms with van der Waals surface area (Å²) in [6, 6.07) is 0. The predicted octanol–water partition coefficient (Wildman–Crippen LogP) is 24.5. The normalized spacial score (nSPS) is 12.3. The van der Waals surface area contributed by atoms with Gasteiger partial charge in [0, 0.05) is 19.3 Å². The van der Waals surface area contributed by atoms with Crippen LogP contribution in [0.5, 0.6) is 0 Å². The van der Waals surface area contributed by atoms with Gasteiger partial charge in [0.1, 0.15) is 13.2 Å². The molecule has 0 aliphatic rings. The second-order valence-corrected chi connectivity index (χ2v) is 24.1. The number of hydrogen-bond donors (Lipinski definition) is 0. The van der Waals surface area contributed by atoms with Crippen LogP contribution in [-0.2, 0) is 28.6 Å². The largest absolute Gasteiger partial charge is 0.462 e. The highest BCUT2D eigenvalue weighted by atomic mass is 16.6. The lowest BCUT2D eigenvalue weighted by Gasteiger charge is -2.18. The van der Waals surface area contributed by atoms with Crippen LogP contribution in [-0.4, -0.2) is 37.2 Å². The van der Waals surface area contributed by atoms with Crippen molar-refractivity contribution < 1.29 is 28.6 Å². The first-order valence-corrected chi connectivity index (χ1v) is 35.6. The molecule has 0 aliphatic heterocycles. The minimum Gasteiger partial charge on any atom is -0.462 e. The highest BCUT2D eigenvalue weighted by molar-refractivity contribution is 5.71. The van der Waals surface area contributed by atoms with Gasteiger partial charge in [0.05, 0.1) is 0 Å². The van der Waals surface area contributed by atoms with Crippen LogP contribution < -0.4 is 0 Å². The van der Waals surface area contributed by atoms with Gasteiger partial charge in [-0.1, -0.05) is 339 Å². The smallest absolute Gasteiger partial charge is 0.306 e. The van der Waals surface area contributed by atoms with Crippen molar-refractivity contribution in [2.24, 2.45) is 0 Å². The Kier molecular flexibility index (Phi) is 66.6. The molecule has 0 aromatic rings. The second-order valence-electron chi connectivity index (χ2n) is 24.1. The van der Waals surface area contributed by atoms with E-state index in [1.807, 2.05) is 0 Å². The first kappa shape index (κ1) is 77.4. The molecule has 1 unspecified atom stereocenters. The van der Waals surface area contributed by atoms with Gasteiger partial charge in [0.2, 0.25) is 0 Å². The minimum atomic E-state index is -0.783. The summed E-state index contributed by atoms with van der Waals surface area (Å²) in [4.78, 5) is 38.3. The summed E-state index contributed by atoms with van der Waals surface area (Å²) in [6.45, 7) is 6.63. The van der Waals surface area contributed by atoms with Crippen molar-refractivity contribution in [1.82, 2.24) is 0 Å². The average Bonchev–Trinajstić information content (AvgIpc) is 3.46. The fourth-order valence-corrected chi connectivity index (χ4v) is 10.7. The van der Waals surface area contributed by atoms with Gasteiger partial charge in [-0.3, -0.25) is 14.4 Å². The van der Waals surface area contributed by atoms with E-state index in [1.54, 1.807) is 0 Å². The van der Waals surface area contributed by atoms with Crippen molar-refractivity contribution in [3.8, 4) is 0 Å². The van der Waals surface area contributed by atoms with Gasteiger partial charge in [-0.2, -0.15) is 0 Å². The molecule has 6 nitrogen and oxygen atoms in total. The van der Waals surface area contributed by atoms with E-state index < -0.39 is 6.10 Å². The molecule has 0 spiro atoms.